The van der Waals surface area contributed by atoms with Crippen LogP contribution in [-0.4, -0.2) is 30.3 Å². The molecule has 1 aliphatic heterocycles. The summed E-state index contributed by atoms with van der Waals surface area (Å²) in [6, 6.07) is 5.81. The quantitative estimate of drug-likeness (QED) is 0.867. The first-order valence-electron chi connectivity index (χ1n) is 6.95. The van der Waals surface area contributed by atoms with Gasteiger partial charge in [0.1, 0.15) is 30.7 Å². The first-order chi connectivity index (χ1) is 10.7. The molecule has 22 heavy (non-hydrogen) atoms. The lowest BCUT2D eigenvalue weighted by Gasteiger charge is -2.12. The average molecular weight is 320 g/mol. The van der Waals surface area contributed by atoms with Crippen LogP contribution in [0.3, 0.4) is 0 Å². The molecule has 0 fully saturated rings. The van der Waals surface area contributed by atoms with Gasteiger partial charge in [-0.25, -0.2) is 0 Å². The van der Waals surface area contributed by atoms with Crippen molar-refractivity contribution in [3.63, 3.8) is 0 Å². The Morgan fingerprint density at radius 1 is 1.45 bits per heavy atom. The summed E-state index contributed by atoms with van der Waals surface area (Å²) < 4.78 is 18.8. The SMILES string of the molecule is CCOc1cccc2sc(=NC(=O)C3=COCCO3)n(C)c12. The summed E-state index contributed by atoms with van der Waals surface area (Å²) in [6.45, 7) is 3.33. The lowest BCUT2D eigenvalue weighted by Crippen LogP contribution is -2.18. The molecular weight excluding hydrogens is 304 g/mol. The summed E-state index contributed by atoms with van der Waals surface area (Å²) >= 11 is 1.43. The Hall–Kier alpha value is -2.28. The van der Waals surface area contributed by atoms with Gasteiger partial charge in [0.15, 0.2) is 4.80 Å². The van der Waals surface area contributed by atoms with Gasteiger partial charge in [-0.15, -0.1) is 0 Å². The van der Waals surface area contributed by atoms with Crippen molar-refractivity contribution in [3.05, 3.63) is 35.0 Å². The van der Waals surface area contributed by atoms with Crippen LogP contribution in [0.5, 0.6) is 5.75 Å². The molecule has 0 aliphatic carbocycles. The van der Waals surface area contributed by atoms with E-state index in [4.69, 9.17) is 14.2 Å². The van der Waals surface area contributed by atoms with Gasteiger partial charge in [-0.05, 0) is 19.1 Å². The molecular formula is C15H16N2O4S. The molecule has 116 valence electrons. The molecule has 3 rings (SSSR count). The Morgan fingerprint density at radius 2 is 2.32 bits per heavy atom. The molecule has 1 aliphatic rings. The van der Waals surface area contributed by atoms with E-state index < -0.39 is 5.91 Å². The fourth-order valence-corrected chi connectivity index (χ4v) is 3.20. The summed E-state index contributed by atoms with van der Waals surface area (Å²) in [7, 11) is 1.86. The summed E-state index contributed by atoms with van der Waals surface area (Å²) in [5.41, 5.74) is 0.927. The van der Waals surface area contributed by atoms with E-state index in [0.717, 1.165) is 16.0 Å². The fraction of sp³-hybridized carbons (Fsp3) is 0.333. The first-order valence-corrected chi connectivity index (χ1v) is 7.77. The zero-order chi connectivity index (χ0) is 15.5. The molecule has 2 heterocycles. The van der Waals surface area contributed by atoms with E-state index in [1.54, 1.807) is 0 Å². The van der Waals surface area contributed by atoms with Crippen LogP contribution in [0.4, 0.5) is 0 Å². The van der Waals surface area contributed by atoms with Crippen LogP contribution in [-0.2, 0) is 21.3 Å². The van der Waals surface area contributed by atoms with E-state index in [0.29, 0.717) is 24.6 Å². The highest BCUT2D eigenvalue weighted by atomic mass is 32.1. The molecule has 7 heteroatoms. The third kappa shape index (κ3) is 2.71. The van der Waals surface area contributed by atoms with E-state index in [9.17, 15) is 4.79 Å². The largest absolute Gasteiger partial charge is 0.494 e. The Morgan fingerprint density at radius 3 is 3.05 bits per heavy atom. The van der Waals surface area contributed by atoms with Gasteiger partial charge < -0.3 is 18.8 Å². The van der Waals surface area contributed by atoms with Gasteiger partial charge in [-0.3, -0.25) is 4.79 Å². The van der Waals surface area contributed by atoms with E-state index in [1.807, 2.05) is 36.7 Å². The van der Waals surface area contributed by atoms with Gasteiger partial charge >= 0.3 is 5.91 Å². The Balaban J connectivity index is 2.06. The van der Waals surface area contributed by atoms with Gasteiger partial charge in [0.05, 0.1) is 11.3 Å². The Labute approximate surface area is 131 Å². The molecule has 0 bridgehead atoms. The minimum atomic E-state index is -0.445. The van der Waals surface area contributed by atoms with Crippen LogP contribution in [0, 0.1) is 0 Å². The molecule has 0 N–H and O–H groups in total. The van der Waals surface area contributed by atoms with Crippen molar-refractivity contribution in [1.29, 1.82) is 0 Å². The lowest BCUT2D eigenvalue weighted by molar-refractivity contribution is -0.119. The number of benzene rings is 1. The normalized spacial score (nSPS) is 15.2. The smallest absolute Gasteiger partial charge is 0.317 e. The Kier molecular flexibility index (Phi) is 4.15. The van der Waals surface area contributed by atoms with Crippen LogP contribution >= 0.6 is 11.3 Å². The number of ether oxygens (including phenoxy) is 3. The van der Waals surface area contributed by atoms with Gasteiger partial charge in [0, 0.05) is 7.05 Å². The van der Waals surface area contributed by atoms with Crippen molar-refractivity contribution in [3.8, 4) is 5.75 Å². The second kappa shape index (κ2) is 6.23. The van der Waals surface area contributed by atoms with Crippen molar-refractivity contribution in [2.45, 2.75) is 6.92 Å². The number of aromatic nitrogens is 1. The molecule has 1 aromatic heterocycles. The molecule has 0 unspecified atom stereocenters. The Bertz CT molecular complexity index is 803. The lowest BCUT2D eigenvalue weighted by atomic mass is 10.3. The minimum absolute atomic E-state index is 0.133. The minimum Gasteiger partial charge on any atom is -0.494 e. The van der Waals surface area contributed by atoms with Gasteiger partial charge in [0.25, 0.3) is 0 Å². The van der Waals surface area contributed by atoms with Crippen molar-refractivity contribution in [1.82, 2.24) is 4.57 Å². The number of amides is 1. The molecule has 0 atom stereocenters. The second-order valence-electron chi connectivity index (χ2n) is 4.60. The standard InChI is InChI=1S/C15H16N2O4S/c1-3-20-10-5-4-6-12-13(10)17(2)15(22-12)16-14(18)11-9-19-7-8-21-11/h4-6,9H,3,7-8H2,1-2H3. The van der Waals surface area contributed by atoms with Crippen LogP contribution < -0.4 is 9.54 Å². The highest BCUT2D eigenvalue weighted by molar-refractivity contribution is 7.16. The number of nitrogens with zero attached hydrogens (tertiary/aromatic N) is 2. The zero-order valence-corrected chi connectivity index (χ0v) is 13.2. The molecule has 0 spiro atoms. The number of hydrogen-bond donors (Lipinski definition) is 0. The molecule has 0 saturated heterocycles. The molecule has 0 saturated carbocycles. The van der Waals surface area contributed by atoms with Gasteiger partial charge in [0.2, 0.25) is 5.76 Å². The maximum absolute atomic E-state index is 12.1. The zero-order valence-electron chi connectivity index (χ0n) is 12.4. The summed E-state index contributed by atoms with van der Waals surface area (Å²) in [5, 5.41) is 0. The predicted molar refractivity (Wildman–Crippen MR) is 82.5 cm³/mol. The van der Waals surface area contributed by atoms with E-state index in [2.05, 4.69) is 4.99 Å². The number of carbonyl (C=O) groups is 1. The van der Waals surface area contributed by atoms with Crippen molar-refractivity contribution in [2.75, 3.05) is 19.8 Å². The van der Waals surface area contributed by atoms with Crippen LogP contribution in [0.15, 0.2) is 35.2 Å². The van der Waals surface area contributed by atoms with E-state index in [-0.39, 0.29) is 5.76 Å². The van der Waals surface area contributed by atoms with Crippen LogP contribution in [0.2, 0.25) is 0 Å². The number of aryl methyl sites for hydroxylation is 1. The molecule has 6 nitrogen and oxygen atoms in total. The van der Waals surface area contributed by atoms with Gasteiger partial charge in [-0.2, -0.15) is 4.99 Å². The number of hydrogen-bond acceptors (Lipinski definition) is 5. The monoisotopic (exact) mass is 320 g/mol. The number of rotatable bonds is 3. The van der Waals surface area contributed by atoms with E-state index >= 15 is 0 Å². The van der Waals surface area contributed by atoms with Crippen LogP contribution in [0.1, 0.15) is 6.92 Å². The van der Waals surface area contributed by atoms with Crippen molar-refractivity contribution < 1.29 is 19.0 Å². The molecule has 2 aromatic rings. The number of fused-ring (bicyclic) bond motifs is 1. The fourth-order valence-electron chi connectivity index (χ4n) is 2.17. The highest BCUT2D eigenvalue weighted by Crippen LogP contribution is 2.26. The summed E-state index contributed by atoms with van der Waals surface area (Å²) in [4.78, 5) is 16.8. The second-order valence-corrected chi connectivity index (χ2v) is 5.61. The topological polar surface area (TPSA) is 62.1 Å². The van der Waals surface area contributed by atoms with Gasteiger partial charge in [-0.1, -0.05) is 17.4 Å². The molecule has 1 amide bonds. The summed E-state index contributed by atoms with van der Waals surface area (Å²) in [5.74, 6) is 0.470. The number of thiazole rings is 1. The highest BCUT2D eigenvalue weighted by Gasteiger charge is 2.15. The summed E-state index contributed by atoms with van der Waals surface area (Å²) in [6.07, 6.45) is 1.31. The maximum Gasteiger partial charge on any atom is 0.317 e. The first kappa shape index (κ1) is 14.6. The molecule has 1 aromatic carbocycles. The van der Waals surface area contributed by atoms with E-state index in [1.165, 1.54) is 17.6 Å². The van der Waals surface area contributed by atoms with Crippen molar-refractivity contribution in [2.24, 2.45) is 12.0 Å². The average Bonchev–Trinajstić information content (AvgIpc) is 2.86. The maximum atomic E-state index is 12.1. The van der Waals surface area contributed by atoms with Crippen LogP contribution in [0.25, 0.3) is 10.2 Å². The number of para-hydroxylation sites is 1. The third-order valence-electron chi connectivity index (χ3n) is 3.14. The molecule has 0 radical (unpaired) electrons. The van der Waals surface area contributed by atoms with Crippen molar-refractivity contribution >= 4 is 27.5 Å². The predicted octanol–water partition coefficient (Wildman–Crippen LogP) is 1.95. The third-order valence-corrected chi connectivity index (χ3v) is 4.24. The number of carbonyl (C=O) groups excluding carboxylic acids is 1.